The van der Waals surface area contributed by atoms with Crippen molar-refractivity contribution in [3.05, 3.63) is 0 Å². The Hall–Kier alpha value is -0.0400. The first-order chi connectivity index (χ1) is 9.26. The molecule has 0 radical (unpaired) electrons. The van der Waals surface area contributed by atoms with Crippen LogP contribution >= 0.6 is 24.0 Å². The average Bonchev–Trinajstić information content (AvgIpc) is 2.75. The minimum atomic E-state index is -0.0366. The first-order valence-electron chi connectivity index (χ1n) is 7.85. The number of aliphatic imine (C=N–C) groups is 1. The Morgan fingerprint density at radius 1 is 1.33 bits per heavy atom. The van der Waals surface area contributed by atoms with E-state index in [2.05, 4.69) is 50.2 Å². The van der Waals surface area contributed by atoms with E-state index in [1.807, 2.05) is 7.05 Å². The van der Waals surface area contributed by atoms with E-state index < -0.39 is 0 Å². The lowest BCUT2D eigenvalue weighted by molar-refractivity contribution is 0.0242. The van der Waals surface area contributed by atoms with Gasteiger partial charge in [0.1, 0.15) is 0 Å². The third kappa shape index (κ3) is 8.24. The lowest BCUT2D eigenvalue weighted by atomic mass is 9.84. The zero-order chi connectivity index (χ0) is 15.2. The predicted octanol–water partition coefficient (Wildman–Crippen LogP) is 3.41. The maximum atomic E-state index is 5.79. The molecule has 4 nitrogen and oxygen atoms in total. The van der Waals surface area contributed by atoms with E-state index in [1.54, 1.807) is 0 Å². The molecule has 1 aliphatic heterocycles. The van der Waals surface area contributed by atoms with E-state index >= 15 is 0 Å². The predicted molar refractivity (Wildman–Crippen MR) is 102 cm³/mol. The highest BCUT2D eigenvalue weighted by Crippen LogP contribution is 2.25. The molecule has 0 spiro atoms. The second-order valence-electron chi connectivity index (χ2n) is 7.44. The molecule has 5 heteroatoms. The van der Waals surface area contributed by atoms with Crippen molar-refractivity contribution in [1.29, 1.82) is 0 Å². The molecule has 1 aliphatic rings. The summed E-state index contributed by atoms with van der Waals surface area (Å²) in [7, 11) is 1.82. The topological polar surface area (TPSA) is 45.7 Å². The molecule has 0 aliphatic carbocycles. The Bertz CT molecular complexity index is 323. The van der Waals surface area contributed by atoms with Crippen LogP contribution in [0.1, 0.15) is 53.9 Å². The van der Waals surface area contributed by atoms with Crippen LogP contribution in [0.5, 0.6) is 0 Å². The van der Waals surface area contributed by atoms with Gasteiger partial charge in [0.15, 0.2) is 5.96 Å². The molecule has 0 bridgehead atoms. The standard InChI is InChI=1S/C16H33N3O.HI/c1-13(2)10-15(3,4)11-18-14(17-6)19-12-16(5)8-7-9-20-16;/h13H,7-12H2,1-6H3,(H2,17,18,19);1H. The van der Waals surface area contributed by atoms with Gasteiger partial charge in [-0.1, -0.05) is 27.7 Å². The number of guanidine groups is 1. The molecule has 1 heterocycles. The van der Waals surface area contributed by atoms with Crippen molar-refractivity contribution in [3.63, 3.8) is 0 Å². The molecule has 0 aromatic heterocycles. The minimum absolute atomic E-state index is 0. The largest absolute Gasteiger partial charge is 0.373 e. The van der Waals surface area contributed by atoms with E-state index in [0.29, 0.717) is 5.92 Å². The molecular formula is C16H34IN3O. The number of hydrogen-bond donors (Lipinski definition) is 2. The number of halogens is 1. The van der Waals surface area contributed by atoms with Crippen molar-refractivity contribution in [3.8, 4) is 0 Å². The van der Waals surface area contributed by atoms with Crippen LogP contribution < -0.4 is 10.6 Å². The van der Waals surface area contributed by atoms with E-state index in [-0.39, 0.29) is 35.0 Å². The van der Waals surface area contributed by atoms with Gasteiger partial charge < -0.3 is 15.4 Å². The molecule has 21 heavy (non-hydrogen) atoms. The Balaban J connectivity index is 0.00000400. The molecular weight excluding hydrogens is 377 g/mol. The summed E-state index contributed by atoms with van der Waals surface area (Å²) in [6.45, 7) is 13.9. The Kier molecular flexibility index (Phi) is 9.16. The van der Waals surface area contributed by atoms with Crippen LogP contribution in [0.2, 0.25) is 0 Å². The highest BCUT2D eigenvalue weighted by Gasteiger charge is 2.29. The molecule has 0 aromatic rings. The summed E-state index contributed by atoms with van der Waals surface area (Å²) in [6, 6.07) is 0. The average molecular weight is 411 g/mol. The van der Waals surface area contributed by atoms with Gasteiger partial charge in [-0.3, -0.25) is 4.99 Å². The lowest BCUT2D eigenvalue weighted by Crippen LogP contribution is -2.47. The quantitative estimate of drug-likeness (QED) is 0.400. The molecule has 0 saturated carbocycles. The lowest BCUT2D eigenvalue weighted by Gasteiger charge is -2.29. The monoisotopic (exact) mass is 411 g/mol. The van der Waals surface area contributed by atoms with Crippen LogP contribution in [0.4, 0.5) is 0 Å². The van der Waals surface area contributed by atoms with Gasteiger partial charge in [-0.2, -0.15) is 0 Å². The summed E-state index contributed by atoms with van der Waals surface area (Å²) in [5, 5.41) is 6.83. The van der Waals surface area contributed by atoms with Crippen LogP contribution in [-0.2, 0) is 4.74 Å². The van der Waals surface area contributed by atoms with Gasteiger partial charge >= 0.3 is 0 Å². The van der Waals surface area contributed by atoms with Crippen LogP contribution in [0, 0.1) is 11.3 Å². The summed E-state index contributed by atoms with van der Waals surface area (Å²) < 4.78 is 5.79. The molecule has 1 fully saturated rings. The van der Waals surface area contributed by atoms with E-state index in [9.17, 15) is 0 Å². The smallest absolute Gasteiger partial charge is 0.191 e. The van der Waals surface area contributed by atoms with Crippen molar-refractivity contribution < 1.29 is 4.74 Å². The van der Waals surface area contributed by atoms with Gasteiger partial charge in [0, 0.05) is 26.7 Å². The molecule has 126 valence electrons. The first-order valence-corrected chi connectivity index (χ1v) is 7.85. The molecule has 1 atom stereocenters. The molecule has 1 rings (SSSR count). The molecule has 0 aromatic carbocycles. The maximum absolute atomic E-state index is 5.79. The van der Waals surface area contributed by atoms with Gasteiger partial charge in [0.25, 0.3) is 0 Å². The number of rotatable bonds is 6. The second-order valence-corrected chi connectivity index (χ2v) is 7.44. The van der Waals surface area contributed by atoms with E-state index in [4.69, 9.17) is 4.74 Å². The van der Waals surface area contributed by atoms with E-state index in [0.717, 1.165) is 38.5 Å². The van der Waals surface area contributed by atoms with Crippen molar-refractivity contribution in [2.45, 2.75) is 59.5 Å². The normalized spacial score (nSPS) is 23.1. The Labute approximate surface area is 147 Å². The van der Waals surface area contributed by atoms with Gasteiger partial charge in [0.2, 0.25) is 0 Å². The molecule has 0 amide bonds. The molecule has 2 N–H and O–H groups in total. The fourth-order valence-corrected chi connectivity index (χ4v) is 2.97. The van der Waals surface area contributed by atoms with Crippen LogP contribution in [0.3, 0.4) is 0 Å². The van der Waals surface area contributed by atoms with Gasteiger partial charge in [0.05, 0.1) is 5.60 Å². The minimum Gasteiger partial charge on any atom is -0.373 e. The number of ether oxygens (including phenoxy) is 1. The van der Waals surface area contributed by atoms with Crippen molar-refractivity contribution in [1.82, 2.24) is 10.6 Å². The number of nitrogens with one attached hydrogen (secondary N) is 2. The van der Waals surface area contributed by atoms with Gasteiger partial charge in [-0.25, -0.2) is 0 Å². The van der Waals surface area contributed by atoms with Crippen molar-refractivity contribution in [2.75, 3.05) is 26.7 Å². The second kappa shape index (κ2) is 9.18. The number of nitrogens with zero attached hydrogens (tertiary/aromatic N) is 1. The van der Waals surface area contributed by atoms with Gasteiger partial charge in [-0.05, 0) is 37.5 Å². The molecule has 1 saturated heterocycles. The zero-order valence-corrected chi connectivity index (χ0v) is 16.9. The fourth-order valence-electron chi connectivity index (χ4n) is 2.97. The van der Waals surface area contributed by atoms with Crippen LogP contribution in [0.15, 0.2) is 4.99 Å². The third-order valence-electron chi connectivity index (χ3n) is 3.85. The Morgan fingerprint density at radius 3 is 2.48 bits per heavy atom. The summed E-state index contributed by atoms with van der Waals surface area (Å²) >= 11 is 0. The summed E-state index contributed by atoms with van der Waals surface area (Å²) in [4.78, 5) is 4.30. The first kappa shape index (κ1) is 21.0. The van der Waals surface area contributed by atoms with E-state index in [1.165, 1.54) is 6.42 Å². The highest BCUT2D eigenvalue weighted by atomic mass is 127. The van der Waals surface area contributed by atoms with Crippen LogP contribution in [0.25, 0.3) is 0 Å². The third-order valence-corrected chi connectivity index (χ3v) is 3.85. The zero-order valence-electron chi connectivity index (χ0n) is 14.6. The van der Waals surface area contributed by atoms with Crippen LogP contribution in [-0.4, -0.2) is 38.3 Å². The van der Waals surface area contributed by atoms with Crippen molar-refractivity contribution in [2.24, 2.45) is 16.3 Å². The fraction of sp³-hybridized carbons (Fsp3) is 0.938. The Morgan fingerprint density at radius 2 is 2.00 bits per heavy atom. The summed E-state index contributed by atoms with van der Waals surface area (Å²) in [5.74, 6) is 1.59. The van der Waals surface area contributed by atoms with Gasteiger partial charge in [-0.15, -0.1) is 24.0 Å². The molecule has 1 unspecified atom stereocenters. The summed E-state index contributed by atoms with van der Waals surface area (Å²) in [6.07, 6.45) is 3.49. The highest BCUT2D eigenvalue weighted by molar-refractivity contribution is 14.0. The SMILES string of the molecule is CN=C(NCC(C)(C)CC(C)C)NCC1(C)CCCO1.I. The summed E-state index contributed by atoms with van der Waals surface area (Å²) in [5.41, 5.74) is 0.241. The maximum Gasteiger partial charge on any atom is 0.191 e. The van der Waals surface area contributed by atoms with Crippen molar-refractivity contribution >= 4 is 29.9 Å². The number of hydrogen-bond acceptors (Lipinski definition) is 2.